The fourth-order valence-electron chi connectivity index (χ4n) is 4.10. The summed E-state index contributed by atoms with van der Waals surface area (Å²) in [6.45, 7) is 1.16. The molecule has 0 aromatic heterocycles. The highest BCUT2D eigenvalue weighted by atomic mass is 16.6. The first-order valence-corrected chi connectivity index (χ1v) is 9.12. The zero-order valence-corrected chi connectivity index (χ0v) is 14.9. The first-order chi connectivity index (χ1) is 12.6. The summed E-state index contributed by atoms with van der Waals surface area (Å²) < 4.78 is 16.9. The van der Waals surface area contributed by atoms with Gasteiger partial charge in [-0.15, -0.1) is 0 Å². The summed E-state index contributed by atoms with van der Waals surface area (Å²) >= 11 is 0. The molecular formula is C19H24N2O5. The van der Waals surface area contributed by atoms with Crippen LogP contribution in [-0.4, -0.2) is 60.1 Å². The van der Waals surface area contributed by atoms with Crippen LogP contribution in [0.3, 0.4) is 0 Å². The van der Waals surface area contributed by atoms with Gasteiger partial charge in [0.2, 0.25) is 0 Å². The second kappa shape index (κ2) is 6.89. The van der Waals surface area contributed by atoms with Gasteiger partial charge in [0.25, 0.3) is 5.91 Å². The van der Waals surface area contributed by atoms with Crippen molar-refractivity contribution in [2.24, 2.45) is 0 Å². The zero-order valence-electron chi connectivity index (χ0n) is 14.9. The molecule has 26 heavy (non-hydrogen) atoms. The average molecular weight is 360 g/mol. The number of hydrogen-bond donors (Lipinski definition) is 0. The normalized spacial score (nSPS) is 27.0. The lowest BCUT2D eigenvalue weighted by Gasteiger charge is -2.36. The van der Waals surface area contributed by atoms with E-state index in [4.69, 9.17) is 14.2 Å². The molecule has 1 aromatic carbocycles. The van der Waals surface area contributed by atoms with Crippen molar-refractivity contribution in [3.63, 3.8) is 0 Å². The Morgan fingerprint density at radius 3 is 2.65 bits per heavy atom. The van der Waals surface area contributed by atoms with Crippen LogP contribution in [-0.2, 0) is 25.6 Å². The van der Waals surface area contributed by atoms with Crippen molar-refractivity contribution in [3.05, 3.63) is 35.9 Å². The smallest absolute Gasteiger partial charge is 0.410 e. The molecule has 3 aliphatic heterocycles. The monoisotopic (exact) mass is 360 g/mol. The standard InChI is InChI=1S/C19H24N2O5/c1-24-15-7-8-16-21(15)17(22)19(26-16)9-11-20(12-10-19)18(23)25-13-14-5-3-2-4-6-14/h2-6,15-16H,7-13H2,1H3. The van der Waals surface area contributed by atoms with Gasteiger partial charge in [0.1, 0.15) is 19.1 Å². The maximum Gasteiger partial charge on any atom is 0.410 e. The maximum absolute atomic E-state index is 12.9. The molecule has 0 bridgehead atoms. The second-order valence-electron chi connectivity index (χ2n) is 7.07. The number of ether oxygens (including phenoxy) is 3. The van der Waals surface area contributed by atoms with Crippen LogP contribution in [0.5, 0.6) is 0 Å². The van der Waals surface area contributed by atoms with Crippen LogP contribution in [0.25, 0.3) is 0 Å². The van der Waals surface area contributed by atoms with E-state index in [9.17, 15) is 9.59 Å². The lowest BCUT2D eigenvalue weighted by Crippen LogP contribution is -2.52. The van der Waals surface area contributed by atoms with Gasteiger partial charge in [0, 0.05) is 33.0 Å². The van der Waals surface area contributed by atoms with Crippen molar-refractivity contribution in [3.8, 4) is 0 Å². The predicted molar refractivity (Wildman–Crippen MR) is 91.9 cm³/mol. The van der Waals surface area contributed by atoms with Crippen LogP contribution in [0, 0.1) is 0 Å². The number of fused-ring (bicyclic) bond motifs is 1. The van der Waals surface area contributed by atoms with E-state index in [1.54, 1.807) is 16.9 Å². The van der Waals surface area contributed by atoms with Crippen molar-refractivity contribution in [1.82, 2.24) is 9.80 Å². The number of nitrogens with zero attached hydrogens (tertiary/aromatic N) is 2. The van der Waals surface area contributed by atoms with E-state index in [2.05, 4.69) is 0 Å². The number of carbonyl (C=O) groups excluding carboxylic acids is 2. The van der Waals surface area contributed by atoms with Crippen LogP contribution in [0.2, 0.25) is 0 Å². The van der Waals surface area contributed by atoms with Gasteiger partial charge in [0.05, 0.1) is 0 Å². The van der Waals surface area contributed by atoms with E-state index >= 15 is 0 Å². The van der Waals surface area contributed by atoms with Gasteiger partial charge < -0.3 is 19.1 Å². The van der Waals surface area contributed by atoms with Crippen molar-refractivity contribution in [2.75, 3.05) is 20.2 Å². The third-order valence-electron chi connectivity index (χ3n) is 5.57. The van der Waals surface area contributed by atoms with Gasteiger partial charge in [-0.05, 0) is 18.4 Å². The van der Waals surface area contributed by atoms with Gasteiger partial charge in [0.15, 0.2) is 5.60 Å². The number of hydrogen-bond acceptors (Lipinski definition) is 5. The van der Waals surface area contributed by atoms with Gasteiger partial charge in [-0.1, -0.05) is 30.3 Å². The summed E-state index contributed by atoms with van der Waals surface area (Å²) in [7, 11) is 1.62. The molecule has 3 aliphatic rings. The summed E-state index contributed by atoms with van der Waals surface area (Å²) in [6, 6.07) is 9.59. The first-order valence-electron chi connectivity index (χ1n) is 9.12. The minimum absolute atomic E-state index is 0.00385. The highest BCUT2D eigenvalue weighted by molar-refractivity contribution is 5.88. The first kappa shape index (κ1) is 17.3. The lowest BCUT2D eigenvalue weighted by atomic mass is 9.90. The van der Waals surface area contributed by atoms with E-state index in [1.165, 1.54) is 0 Å². The van der Waals surface area contributed by atoms with Gasteiger partial charge in [-0.3, -0.25) is 9.69 Å². The van der Waals surface area contributed by atoms with E-state index in [0.29, 0.717) is 25.9 Å². The predicted octanol–water partition coefficient (Wildman–Crippen LogP) is 2.11. The van der Waals surface area contributed by atoms with E-state index in [1.807, 2.05) is 30.3 Å². The Morgan fingerprint density at radius 1 is 1.23 bits per heavy atom. The molecule has 1 aromatic rings. The Labute approximate surface area is 152 Å². The van der Waals surface area contributed by atoms with E-state index in [0.717, 1.165) is 18.4 Å². The molecule has 3 fully saturated rings. The minimum Gasteiger partial charge on any atom is -0.445 e. The molecule has 2 unspecified atom stereocenters. The van der Waals surface area contributed by atoms with Gasteiger partial charge in [-0.25, -0.2) is 4.79 Å². The Morgan fingerprint density at radius 2 is 1.96 bits per heavy atom. The third kappa shape index (κ3) is 2.95. The number of benzene rings is 1. The highest BCUT2D eigenvalue weighted by Crippen LogP contribution is 2.42. The number of likely N-dealkylation sites (tertiary alicyclic amines) is 1. The minimum atomic E-state index is -0.807. The molecule has 0 saturated carbocycles. The number of methoxy groups -OCH3 is 1. The summed E-state index contributed by atoms with van der Waals surface area (Å²) in [5.41, 5.74) is 0.146. The second-order valence-corrected chi connectivity index (χ2v) is 7.07. The molecule has 3 saturated heterocycles. The molecule has 0 N–H and O–H groups in total. The van der Waals surface area contributed by atoms with Gasteiger partial charge in [-0.2, -0.15) is 0 Å². The molecule has 7 nitrogen and oxygen atoms in total. The van der Waals surface area contributed by atoms with Crippen LogP contribution in [0.1, 0.15) is 31.2 Å². The van der Waals surface area contributed by atoms with Crippen LogP contribution < -0.4 is 0 Å². The molecule has 2 amide bonds. The number of amides is 2. The lowest BCUT2D eigenvalue weighted by molar-refractivity contribution is -0.146. The summed E-state index contributed by atoms with van der Waals surface area (Å²) in [5, 5.41) is 0. The molecule has 1 spiro atoms. The molecule has 0 aliphatic carbocycles. The van der Waals surface area contributed by atoms with Crippen LogP contribution in [0.15, 0.2) is 30.3 Å². The van der Waals surface area contributed by atoms with Crippen LogP contribution >= 0.6 is 0 Å². The summed E-state index contributed by atoms with van der Waals surface area (Å²) in [5.74, 6) is 0.00385. The highest BCUT2D eigenvalue weighted by Gasteiger charge is 2.58. The van der Waals surface area contributed by atoms with Crippen molar-refractivity contribution < 1.29 is 23.8 Å². The summed E-state index contributed by atoms with van der Waals surface area (Å²) in [6.07, 6.45) is 1.87. The molecule has 4 rings (SSSR count). The third-order valence-corrected chi connectivity index (χ3v) is 5.57. The van der Waals surface area contributed by atoms with Crippen LogP contribution in [0.4, 0.5) is 4.79 Å². The fraction of sp³-hybridized carbons (Fsp3) is 0.579. The number of carbonyl (C=O) groups is 2. The number of rotatable bonds is 3. The Balaban J connectivity index is 1.33. The molecule has 2 atom stereocenters. The molecule has 7 heteroatoms. The SMILES string of the molecule is COC1CCC2OC3(CCN(C(=O)OCc4ccccc4)CC3)C(=O)N12. The van der Waals surface area contributed by atoms with Crippen molar-refractivity contribution in [1.29, 1.82) is 0 Å². The quantitative estimate of drug-likeness (QED) is 0.826. The Hall–Kier alpha value is -2.12. The zero-order chi connectivity index (χ0) is 18.1. The van der Waals surface area contributed by atoms with Crippen molar-refractivity contribution >= 4 is 12.0 Å². The number of piperidine rings is 1. The summed E-state index contributed by atoms with van der Waals surface area (Å²) in [4.78, 5) is 28.6. The largest absolute Gasteiger partial charge is 0.445 e. The average Bonchev–Trinajstić information content (AvgIpc) is 3.19. The van der Waals surface area contributed by atoms with Crippen molar-refractivity contribution in [2.45, 2.75) is 50.3 Å². The van der Waals surface area contributed by atoms with E-state index in [-0.39, 0.29) is 31.1 Å². The topological polar surface area (TPSA) is 68.3 Å². The Bertz CT molecular complexity index is 672. The Kier molecular flexibility index (Phi) is 4.58. The maximum atomic E-state index is 12.9. The molecular weight excluding hydrogens is 336 g/mol. The fourth-order valence-corrected chi connectivity index (χ4v) is 4.10. The molecule has 3 heterocycles. The van der Waals surface area contributed by atoms with Gasteiger partial charge >= 0.3 is 6.09 Å². The molecule has 140 valence electrons. The van der Waals surface area contributed by atoms with E-state index < -0.39 is 5.60 Å². The molecule has 0 radical (unpaired) electrons.